The van der Waals surface area contributed by atoms with Crippen LogP contribution in [-0.2, 0) is 0 Å². The van der Waals surface area contributed by atoms with E-state index in [2.05, 4.69) is 0 Å². The first-order chi connectivity index (χ1) is 10.0. The lowest BCUT2D eigenvalue weighted by Crippen LogP contribution is -2.41. The molecule has 1 unspecified atom stereocenters. The van der Waals surface area contributed by atoms with E-state index in [1.54, 1.807) is 4.90 Å². The molecule has 1 aliphatic rings. The topological polar surface area (TPSA) is 63.4 Å². The molecule has 1 saturated heterocycles. The van der Waals surface area contributed by atoms with Gasteiger partial charge in [-0.3, -0.25) is 14.9 Å². The summed E-state index contributed by atoms with van der Waals surface area (Å²) in [6.45, 7) is 0.490. The molecule has 1 heterocycles. The fourth-order valence-electron chi connectivity index (χ4n) is 2.60. The molecule has 1 aliphatic heterocycles. The molecule has 0 radical (unpaired) electrons. The van der Waals surface area contributed by atoms with E-state index in [0.29, 0.717) is 6.54 Å². The number of likely N-dealkylation sites (tertiary alicyclic amines) is 1. The van der Waals surface area contributed by atoms with Gasteiger partial charge in [-0.1, -0.05) is 12.8 Å². The first-order valence-electron chi connectivity index (χ1n) is 6.85. The maximum Gasteiger partial charge on any atom is 0.282 e. The Kier molecular flexibility index (Phi) is 5.12. The quantitative estimate of drug-likeness (QED) is 0.488. The van der Waals surface area contributed by atoms with Crippen molar-refractivity contribution in [2.75, 3.05) is 12.4 Å². The molecule has 0 aromatic heterocycles. The van der Waals surface area contributed by atoms with Crippen LogP contribution >= 0.6 is 11.6 Å². The number of nitro groups is 1. The predicted molar refractivity (Wildman–Crippen MR) is 77.1 cm³/mol. The second-order valence-corrected chi connectivity index (χ2v) is 5.38. The first kappa shape index (κ1) is 15.7. The van der Waals surface area contributed by atoms with E-state index in [1.165, 1.54) is 0 Å². The number of hydrogen-bond donors (Lipinski definition) is 0. The van der Waals surface area contributed by atoms with Gasteiger partial charge in [0.1, 0.15) is 11.4 Å². The summed E-state index contributed by atoms with van der Waals surface area (Å²) in [5.74, 6) is -0.913. The van der Waals surface area contributed by atoms with Crippen molar-refractivity contribution in [1.82, 2.24) is 4.90 Å². The smallest absolute Gasteiger partial charge is 0.282 e. The zero-order chi connectivity index (χ0) is 15.4. The molecule has 0 spiro atoms. The monoisotopic (exact) mass is 314 g/mol. The maximum absolute atomic E-state index is 13.4. The van der Waals surface area contributed by atoms with Gasteiger partial charge in [-0.15, -0.1) is 11.6 Å². The molecule has 2 rings (SSSR count). The van der Waals surface area contributed by atoms with Crippen LogP contribution in [0.2, 0.25) is 0 Å². The Bertz CT molecular complexity index is 553. The Morgan fingerprint density at radius 1 is 1.43 bits per heavy atom. The van der Waals surface area contributed by atoms with Crippen molar-refractivity contribution < 1.29 is 14.1 Å². The van der Waals surface area contributed by atoms with Crippen LogP contribution in [0.5, 0.6) is 0 Å². The van der Waals surface area contributed by atoms with Gasteiger partial charge in [-0.2, -0.15) is 0 Å². The molecule has 7 heteroatoms. The maximum atomic E-state index is 13.4. The molecule has 0 bridgehead atoms. The fraction of sp³-hybridized carbons (Fsp3) is 0.500. The van der Waals surface area contributed by atoms with Gasteiger partial charge >= 0.3 is 0 Å². The molecule has 0 aliphatic carbocycles. The summed E-state index contributed by atoms with van der Waals surface area (Å²) in [7, 11) is 0. The molecule has 1 amide bonds. The highest BCUT2D eigenvalue weighted by molar-refractivity contribution is 6.18. The number of rotatable bonds is 3. The van der Waals surface area contributed by atoms with Gasteiger partial charge < -0.3 is 4.90 Å². The van der Waals surface area contributed by atoms with Crippen molar-refractivity contribution in [3.05, 3.63) is 39.7 Å². The van der Waals surface area contributed by atoms with Crippen molar-refractivity contribution in [2.45, 2.75) is 31.7 Å². The van der Waals surface area contributed by atoms with E-state index in [1.807, 2.05) is 0 Å². The Morgan fingerprint density at radius 3 is 2.86 bits per heavy atom. The molecule has 0 N–H and O–H groups in total. The summed E-state index contributed by atoms with van der Waals surface area (Å²) < 4.78 is 13.4. The number of halogens is 2. The van der Waals surface area contributed by atoms with Crippen LogP contribution in [-0.4, -0.2) is 34.2 Å². The van der Waals surface area contributed by atoms with Gasteiger partial charge in [0.15, 0.2) is 0 Å². The Morgan fingerprint density at radius 2 is 2.19 bits per heavy atom. The highest BCUT2D eigenvalue weighted by Crippen LogP contribution is 2.25. The summed E-state index contributed by atoms with van der Waals surface area (Å²) in [5.41, 5.74) is -0.587. The third-order valence-corrected chi connectivity index (χ3v) is 4.06. The fourth-order valence-corrected chi connectivity index (χ4v) is 2.92. The van der Waals surface area contributed by atoms with Crippen LogP contribution in [0.1, 0.15) is 36.0 Å². The third-order valence-electron chi connectivity index (χ3n) is 3.70. The minimum atomic E-state index is -0.666. The average Bonchev–Trinajstić information content (AvgIpc) is 2.71. The average molecular weight is 315 g/mol. The summed E-state index contributed by atoms with van der Waals surface area (Å²) in [6.07, 6.45) is 3.54. The Labute approximate surface area is 126 Å². The molecule has 1 fully saturated rings. The summed E-state index contributed by atoms with van der Waals surface area (Å²) in [6, 6.07) is 2.77. The number of benzene rings is 1. The third kappa shape index (κ3) is 3.50. The van der Waals surface area contributed by atoms with E-state index < -0.39 is 16.6 Å². The lowest BCUT2D eigenvalue weighted by Gasteiger charge is -2.28. The van der Waals surface area contributed by atoms with Crippen molar-refractivity contribution >= 4 is 23.2 Å². The van der Waals surface area contributed by atoms with E-state index in [0.717, 1.165) is 43.9 Å². The van der Waals surface area contributed by atoms with Crippen molar-refractivity contribution in [3.8, 4) is 0 Å². The highest BCUT2D eigenvalue weighted by atomic mass is 35.5. The number of nitrogens with zero attached hydrogens (tertiary/aromatic N) is 2. The molecular weight excluding hydrogens is 299 g/mol. The second kappa shape index (κ2) is 6.85. The number of carbonyl (C=O) groups is 1. The molecule has 1 atom stereocenters. The van der Waals surface area contributed by atoms with Gasteiger partial charge in [0.25, 0.3) is 11.6 Å². The van der Waals surface area contributed by atoms with Crippen molar-refractivity contribution in [3.63, 3.8) is 0 Å². The SMILES string of the molecule is O=C(c1cc(F)ccc1[N+](=O)[O-])N1CCCCCC1CCl. The van der Waals surface area contributed by atoms with Crippen LogP contribution in [0, 0.1) is 15.9 Å². The minimum absolute atomic E-state index is 0.162. The Balaban J connectivity index is 2.37. The highest BCUT2D eigenvalue weighted by Gasteiger charge is 2.30. The normalized spacial score (nSPS) is 19.1. The zero-order valence-electron chi connectivity index (χ0n) is 11.4. The molecule has 0 saturated carbocycles. The number of carbonyl (C=O) groups excluding carboxylic acids is 1. The number of hydrogen-bond acceptors (Lipinski definition) is 3. The zero-order valence-corrected chi connectivity index (χ0v) is 12.2. The largest absolute Gasteiger partial charge is 0.334 e. The summed E-state index contributed by atoms with van der Waals surface area (Å²) >= 11 is 5.91. The van der Waals surface area contributed by atoms with Crippen molar-refractivity contribution in [1.29, 1.82) is 0 Å². The van der Waals surface area contributed by atoms with Crippen LogP contribution < -0.4 is 0 Å². The second-order valence-electron chi connectivity index (χ2n) is 5.07. The molecule has 5 nitrogen and oxygen atoms in total. The van der Waals surface area contributed by atoms with Crippen LogP contribution in [0.4, 0.5) is 10.1 Å². The Hall–Kier alpha value is -1.69. The number of alkyl halides is 1. The molecule has 1 aromatic carbocycles. The van der Waals surface area contributed by atoms with E-state index >= 15 is 0 Å². The van der Waals surface area contributed by atoms with E-state index in [9.17, 15) is 19.3 Å². The van der Waals surface area contributed by atoms with Gasteiger partial charge in [0, 0.05) is 24.5 Å². The molecular formula is C14H16ClFN2O3. The van der Waals surface area contributed by atoms with Crippen LogP contribution in [0.25, 0.3) is 0 Å². The van der Waals surface area contributed by atoms with Crippen LogP contribution in [0.15, 0.2) is 18.2 Å². The van der Waals surface area contributed by atoms with E-state index in [-0.39, 0.29) is 23.2 Å². The lowest BCUT2D eigenvalue weighted by atomic mass is 10.1. The van der Waals surface area contributed by atoms with Gasteiger partial charge in [-0.25, -0.2) is 4.39 Å². The van der Waals surface area contributed by atoms with Gasteiger partial charge in [0.05, 0.1) is 4.92 Å². The number of nitro benzene ring substituents is 1. The molecule has 1 aromatic rings. The van der Waals surface area contributed by atoms with E-state index in [4.69, 9.17) is 11.6 Å². The minimum Gasteiger partial charge on any atom is -0.334 e. The summed E-state index contributed by atoms with van der Waals surface area (Å²) in [4.78, 5) is 24.5. The lowest BCUT2D eigenvalue weighted by molar-refractivity contribution is -0.385. The number of amides is 1. The standard InChI is InChI=1S/C14H16ClFN2O3/c15-9-11-4-2-1-3-7-17(11)14(19)12-8-10(16)5-6-13(12)18(20)21/h5-6,8,11H,1-4,7,9H2. The van der Waals surface area contributed by atoms with Crippen LogP contribution in [0.3, 0.4) is 0 Å². The first-order valence-corrected chi connectivity index (χ1v) is 7.39. The van der Waals surface area contributed by atoms with Gasteiger partial charge in [-0.05, 0) is 25.0 Å². The predicted octanol–water partition coefficient (Wildman–Crippen LogP) is 3.36. The molecule has 21 heavy (non-hydrogen) atoms. The van der Waals surface area contributed by atoms with Gasteiger partial charge in [0.2, 0.25) is 0 Å². The molecule has 114 valence electrons. The summed E-state index contributed by atoms with van der Waals surface area (Å²) in [5, 5.41) is 11.0. The van der Waals surface area contributed by atoms with Crippen molar-refractivity contribution in [2.24, 2.45) is 0 Å².